The van der Waals surface area contributed by atoms with Crippen LogP contribution in [0.4, 0.5) is 0 Å². The molecule has 0 aliphatic carbocycles. The highest BCUT2D eigenvalue weighted by Crippen LogP contribution is 2.05. The largest absolute Gasteiger partial charge is 0.360 e. The molecule has 0 radical (unpaired) electrons. The summed E-state index contributed by atoms with van der Waals surface area (Å²) in [7, 11) is 0. The average Bonchev–Trinajstić information content (AvgIpc) is 2.48. The van der Waals surface area contributed by atoms with Crippen LogP contribution in [0.2, 0.25) is 0 Å². The maximum atomic E-state index is 5.32. The molecular weight excluding hydrogens is 164 g/mol. The van der Waals surface area contributed by atoms with Gasteiger partial charge >= 0.3 is 0 Å². The first-order chi connectivity index (χ1) is 6.03. The SMILES string of the molecule is C#CC(C)(C)NCc1cc(C)no1. The Kier molecular flexibility index (Phi) is 2.74. The van der Waals surface area contributed by atoms with Gasteiger partial charge in [-0.05, 0) is 20.8 Å². The first-order valence-corrected chi connectivity index (χ1v) is 4.18. The zero-order chi connectivity index (χ0) is 9.90. The highest BCUT2D eigenvalue weighted by atomic mass is 16.5. The maximum Gasteiger partial charge on any atom is 0.150 e. The number of rotatable bonds is 3. The van der Waals surface area contributed by atoms with Gasteiger partial charge in [-0.15, -0.1) is 6.42 Å². The van der Waals surface area contributed by atoms with Crippen LogP contribution in [0.5, 0.6) is 0 Å². The van der Waals surface area contributed by atoms with Crippen molar-refractivity contribution < 1.29 is 4.52 Å². The number of terminal acetylenes is 1. The Bertz CT molecular complexity index is 320. The van der Waals surface area contributed by atoms with Gasteiger partial charge in [0.15, 0.2) is 5.76 Å². The summed E-state index contributed by atoms with van der Waals surface area (Å²) in [5.74, 6) is 3.45. The van der Waals surface area contributed by atoms with Gasteiger partial charge in [-0.1, -0.05) is 11.1 Å². The van der Waals surface area contributed by atoms with Crippen molar-refractivity contribution in [1.29, 1.82) is 0 Å². The number of hydrogen-bond donors (Lipinski definition) is 1. The predicted molar refractivity (Wildman–Crippen MR) is 51.0 cm³/mol. The molecule has 0 spiro atoms. The first kappa shape index (κ1) is 9.82. The summed E-state index contributed by atoms with van der Waals surface area (Å²) in [6.07, 6.45) is 5.32. The third-order valence-corrected chi connectivity index (χ3v) is 1.74. The molecule has 1 rings (SSSR count). The van der Waals surface area contributed by atoms with Crippen LogP contribution in [0.15, 0.2) is 10.6 Å². The minimum absolute atomic E-state index is 0.305. The van der Waals surface area contributed by atoms with E-state index in [0.29, 0.717) is 6.54 Å². The van der Waals surface area contributed by atoms with Crippen LogP contribution >= 0.6 is 0 Å². The van der Waals surface area contributed by atoms with Gasteiger partial charge in [-0.25, -0.2) is 0 Å². The molecule has 0 aromatic carbocycles. The van der Waals surface area contributed by atoms with Crippen LogP contribution in [-0.2, 0) is 6.54 Å². The third-order valence-electron chi connectivity index (χ3n) is 1.74. The van der Waals surface area contributed by atoms with Crippen molar-refractivity contribution in [2.45, 2.75) is 32.9 Å². The lowest BCUT2D eigenvalue weighted by Gasteiger charge is -2.17. The normalized spacial score (nSPS) is 11.2. The second-order valence-corrected chi connectivity index (χ2v) is 3.56. The third kappa shape index (κ3) is 2.92. The van der Waals surface area contributed by atoms with Gasteiger partial charge in [-0.3, -0.25) is 5.32 Å². The first-order valence-electron chi connectivity index (χ1n) is 4.18. The maximum absolute atomic E-state index is 5.32. The van der Waals surface area contributed by atoms with Crippen LogP contribution < -0.4 is 5.32 Å². The smallest absolute Gasteiger partial charge is 0.150 e. The van der Waals surface area contributed by atoms with Gasteiger partial charge in [0, 0.05) is 6.07 Å². The summed E-state index contributed by atoms with van der Waals surface area (Å²) in [4.78, 5) is 0. The molecule has 0 atom stereocenters. The molecule has 70 valence electrons. The van der Waals surface area contributed by atoms with Crippen LogP contribution in [0, 0.1) is 19.3 Å². The lowest BCUT2D eigenvalue weighted by molar-refractivity contribution is 0.354. The molecule has 0 fully saturated rings. The highest BCUT2D eigenvalue weighted by Gasteiger charge is 2.13. The highest BCUT2D eigenvalue weighted by molar-refractivity contribution is 5.09. The lowest BCUT2D eigenvalue weighted by atomic mass is 10.1. The monoisotopic (exact) mass is 178 g/mol. The van der Waals surface area contributed by atoms with Crippen molar-refractivity contribution >= 4 is 0 Å². The van der Waals surface area contributed by atoms with Crippen LogP contribution in [-0.4, -0.2) is 10.7 Å². The van der Waals surface area contributed by atoms with Gasteiger partial charge in [0.25, 0.3) is 0 Å². The van der Waals surface area contributed by atoms with E-state index in [1.807, 2.05) is 26.8 Å². The number of nitrogens with one attached hydrogen (secondary N) is 1. The fourth-order valence-electron chi connectivity index (χ4n) is 0.859. The molecule has 1 heterocycles. The molecule has 0 unspecified atom stereocenters. The van der Waals surface area contributed by atoms with Gasteiger partial charge < -0.3 is 4.52 Å². The standard InChI is InChI=1S/C10H14N2O/c1-5-10(3,4)11-7-9-6-8(2)12-13-9/h1,6,11H,7H2,2-4H3. The van der Waals surface area contributed by atoms with E-state index in [0.717, 1.165) is 11.5 Å². The number of aryl methyl sites for hydroxylation is 1. The Balaban J connectivity index is 2.49. The topological polar surface area (TPSA) is 38.1 Å². The van der Waals surface area contributed by atoms with E-state index in [-0.39, 0.29) is 5.54 Å². The average molecular weight is 178 g/mol. The number of hydrogen-bond acceptors (Lipinski definition) is 3. The predicted octanol–water partition coefficient (Wildman–Crippen LogP) is 1.48. The molecular formula is C10H14N2O. The summed E-state index contributed by atoms with van der Waals surface area (Å²) in [6, 6.07) is 1.89. The number of aromatic nitrogens is 1. The fraction of sp³-hybridized carbons (Fsp3) is 0.500. The Morgan fingerprint density at radius 2 is 2.38 bits per heavy atom. The fourth-order valence-corrected chi connectivity index (χ4v) is 0.859. The summed E-state index contributed by atoms with van der Waals surface area (Å²) in [5.41, 5.74) is 0.580. The minimum atomic E-state index is -0.305. The Morgan fingerprint density at radius 1 is 1.69 bits per heavy atom. The van der Waals surface area contributed by atoms with Gasteiger partial charge in [0.1, 0.15) is 0 Å². The van der Waals surface area contributed by atoms with Crippen molar-refractivity contribution in [3.05, 3.63) is 17.5 Å². The molecule has 3 nitrogen and oxygen atoms in total. The van der Waals surface area contributed by atoms with Crippen molar-refractivity contribution in [3.63, 3.8) is 0 Å². The molecule has 1 aromatic heterocycles. The van der Waals surface area contributed by atoms with Crippen molar-refractivity contribution in [1.82, 2.24) is 10.5 Å². The minimum Gasteiger partial charge on any atom is -0.360 e. The quantitative estimate of drug-likeness (QED) is 0.712. The molecule has 0 aliphatic heterocycles. The zero-order valence-electron chi connectivity index (χ0n) is 8.22. The van der Waals surface area contributed by atoms with E-state index in [2.05, 4.69) is 16.4 Å². The molecule has 13 heavy (non-hydrogen) atoms. The molecule has 1 N–H and O–H groups in total. The Labute approximate surface area is 78.5 Å². The molecule has 0 aliphatic rings. The van der Waals surface area contributed by atoms with Crippen LogP contribution in [0.25, 0.3) is 0 Å². The van der Waals surface area contributed by atoms with E-state index in [1.54, 1.807) is 0 Å². The molecule has 0 amide bonds. The molecule has 0 bridgehead atoms. The van der Waals surface area contributed by atoms with E-state index in [9.17, 15) is 0 Å². The van der Waals surface area contributed by atoms with Gasteiger partial charge in [0.2, 0.25) is 0 Å². The van der Waals surface area contributed by atoms with Crippen molar-refractivity contribution in [2.24, 2.45) is 0 Å². The molecule has 3 heteroatoms. The Hall–Kier alpha value is -1.27. The van der Waals surface area contributed by atoms with Crippen molar-refractivity contribution in [3.8, 4) is 12.3 Å². The second kappa shape index (κ2) is 3.63. The Morgan fingerprint density at radius 3 is 2.85 bits per heavy atom. The summed E-state index contributed by atoms with van der Waals surface area (Å²) in [6.45, 7) is 6.38. The zero-order valence-corrected chi connectivity index (χ0v) is 8.22. The van der Waals surface area contributed by atoms with E-state index >= 15 is 0 Å². The van der Waals surface area contributed by atoms with Gasteiger partial charge in [-0.2, -0.15) is 0 Å². The van der Waals surface area contributed by atoms with E-state index < -0.39 is 0 Å². The van der Waals surface area contributed by atoms with E-state index in [4.69, 9.17) is 10.9 Å². The van der Waals surface area contributed by atoms with Crippen molar-refractivity contribution in [2.75, 3.05) is 0 Å². The van der Waals surface area contributed by atoms with Crippen LogP contribution in [0.1, 0.15) is 25.3 Å². The molecule has 0 saturated carbocycles. The van der Waals surface area contributed by atoms with Crippen LogP contribution in [0.3, 0.4) is 0 Å². The van der Waals surface area contributed by atoms with Gasteiger partial charge in [0.05, 0.1) is 17.8 Å². The summed E-state index contributed by atoms with van der Waals surface area (Å²) in [5, 5.41) is 6.94. The van der Waals surface area contributed by atoms with E-state index in [1.165, 1.54) is 0 Å². The number of nitrogens with zero attached hydrogens (tertiary/aromatic N) is 1. The summed E-state index contributed by atoms with van der Waals surface area (Å²) < 4.78 is 5.02. The summed E-state index contributed by atoms with van der Waals surface area (Å²) >= 11 is 0. The molecule has 0 saturated heterocycles. The second-order valence-electron chi connectivity index (χ2n) is 3.56. The lowest BCUT2D eigenvalue weighted by Crippen LogP contribution is -2.36. The molecule has 1 aromatic rings.